The van der Waals surface area contributed by atoms with Crippen molar-refractivity contribution in [1.29, 1.82) is 0 Å². The van der Waals surface area contributed by atoms with Crippen LogP contribution < -0.4 is 4.74 Å². The maximum absolute atomic E-state index is 11.0. The number of carbonyl (C=O) groups is 1. The highest BCUT2D eigenvalue weighted by atomic mass is 16.5. The molecule has 1 N–H and O–H groups in total. The number of aliphatic hydroxyl groups excluding tert-OH is 1. The zero-order chi connectivity index (χ0) is 11.8. The van der Waals surface area contributed by atoms with Crippen LogP contribution in [0.4, 0.5) is 0 Å². The second-order valence-corrected chi connectivity index (χ2v) is 3.36. The van der Waals surface area contributed by atoms with E-state index in [1.54, 1.807) is 0 Å². The Bertz CT molecular complexity index is 336. The number of rotatable bonds is 6. The molecular formula is C12H16O4. The minimum absolute atomic E-state index is 0.0449. The van der Waals surface area contributed by atoms with Gasteiger partial charge in [0.25, 0.3) is 0 Å². The van der Waals surface area contributed by atoms with Crippen LogP contribution in [-0.2, 0) is 9.53 Å². The van der Waals surface area contributed by atoms with Crippen LogP contribution in [-0.4, -0.2) is 30.9 Å². The van der Waals surface area contributed by atoms with Crippen molar-refractivity contribution < 1.29 is 19.4 Å². The van der Waals surface area contributed by atoms with Gasteiger partial charge in [-0.05, 0) is 24.6 Å². The summed E-state index contributed by atoms with van der Waals surface area (Å²) in [6.45, 7) is 2.16. The molecule has 0 aromatic heterocycles. The molecule has 0 spiro atoms. The highest BCUT2D eigenvalue weighted by Gasteiger charge is 2.02. The van der Waals surface area contributed by atoms with Gasteiger partial charge < -0.3 is 14.6 Å². The van der Waals surface area contributed by atoms with Crippen LogP contribution in [0, 0.1) is 6.92 Å². The number of ether oxygens (including phenoxy) is 2. The van der Waals surface area contributed by atoms with E-state index in [0.29, 0.717) is 0 Å². The van der Waals surface area contributed by atoms with Crippen LogP contribution in [0.25, 0.3) is 0 Å². The Labute approximate surface area is 94.8 Å². The number of benzene rings is 1. The third-order valence-electron chi connectivity index (χ3n) is 1.92. The summed E-state index contributed by atoms with van der Waals surface area (Å²) in [5, 5.41) is 8.44. The van der Waals surface area contributed by atoms with Gasteiger partial charge in [0.1, 0.15) is 12.4 Å². The van der Waals surface area contributed by atoms with Gasteiger partial charge in [-0.25, -0.2) is 0 Å². The van der Waals surface area contributed by atoms with Gasteiger partial charge in [-0.2, -0.15) is 0 Å². The van der Waals surface area contributed by atoms with Crippen molar-refractivity contribution in [2.45, 2.75) is 13.3 Å². The number of carbonyl (C=O) groups excluding carboxylic acids is 1. The second-order valence-electron chi connectivity index (χ2n) is 3.36. The van der Waals surface area contributed by atoms with E-state index in [9.17, 15) is 4.79 Å². The van der Waals surface area contributed by atoms with E-state index < -0.39 is 0 Å². The van der Waals surface area contributed by atoms with Crippen LogP contribution in [0.5, 0.6) is 5.75 Å². The molecule has 0 saturated carbocycles. The van der Waals surface area contributed by atoms with Crippen molar-refractivity contribution in [2.75, 3.05) is 19.8 Å². The summed E-state index contributed by atoms with van der Waals surface area (Å²) in [6.07, 6.45) is 0.188. The van der Waals surface area contributed by atoms with Crippen molar-refractivity contribution in [2.24, 2.45) is 0 Å². The van der Waals surface area contributed by atoms with Gasteiger partial charge >= 0.3 is 5.97 Å². The van der Waals surface area contributed by atoms with E-state index in [0.717, 1.165) is 11.3 Å². The Balaban J connectivity index is 2.22. The molecule has 0 amide bonds. The summed E-state index contributed by atoms with van der Waals surface area (Å²) < 4.78 is 10.1. The molecule has 1 aromatic rings. The zero-order valence-electron chi connectivity index (χ0n) is 9.31. The molecule has 4 nitrogen and oxygen atoms in total. The molecule has 0 heterocycles. The van der Waals surface area contributed by atoms with Crippen LogP contribution in [0.2, 0.25) is 0 Å². The first kappa shape index (κ1) is 12.5. The molecule has 4 heteroatoms. The van der Waals surface area contributed by atoms with E-state index >= 15 is 0 Å². The number of hydrogen-bond donors (Lipinski definition) is 1. The maximum Gasteiger partial charge on any atom is 0.309 e. The van der Waals surface area contributed by atoms with E-state index in [2.05, 4.69) is 4.74 Å². The third-order valence-corrected chi connectivity index (χ3v) is 1.92. The molecule has 0 atom stereocenters. The predicted molar refractivity (Wildman–Crippen MR) is 59.3 cm³/mol. The molecule has 0 saturated heterocycles. The Kier molecular flexibility index (Phi) is 5.36. The quantitative estimate of drug-likeness (QED) is 0.740. The average molecular weight is 224 g/mol. The van der Waals surface area contributed by atoms with Gasteiger partial charge in [0.05, 0.1) is 19.6 Å². The molecule has 0 aliphatic carbocycles. The molecule has 1 rings (SSSR count). The lowest BCUT2D eigenvalue weighted by molar-refractivity contribution is -0.145. The molecule has 88 valence electrons. The Hall–Kier alpha value is -1.55. The standard InChI is InChI=1S/C12H16O4/c1-10-3-2-4-11(9-10)15-7-5-12(14)16-8-6-13/h2-4,9,13H,5-8H2,1H3. The molecule has 0 radical (unpaired) electrons. The number of aryl methyl sites for hydroxylation is 1. The fourth-order valence-electron chi connectivity index (χ4n) is 1.19. The maximum atomic E-state index is 11.0. The molecule has 0 bridgehead atoms. The third kappa shape index (κ3) is 4.79. The second kappa shape index (κ2) is 6.85. The van der Waals surface area contributed by atoms with Crippen LogP contribution in [0.15, 0.2) is 24.3 Å². The zero-order valence-corrected chi connectivity index (χ0v) is 9.31. The van der Waals surface area contributed by atoms with Gasteiger partial charge in [0, 0.05) is 0 Å². The molecule has 0 aliphatic rings. The Morgan fingerprint density at radius 2 is 2.19 bits per heavy atom. The van der Waals surface area contributed by atoms with Gasteiger partial charge in [-0.15, -0.1) is 0 Å². The van der Waals surface area contributed by atoms with Crippen molar-refractivity contribution in [3.63, 3.8) is 0 Å². The minimum atomic E-state index is -0.360. The Morgan fingerprint density at radius 1 is 1.38 bits per heavy atom. The first-order valence-corrected chi connectivity index (χ1v) is 5.18. The monoisotopic (exact) mass is 224 g/mol. The summed E-state index contributed by atoms with van der Waals surface area (Å²) in [4.78, 5) is 11.0. The smallest absolute Gasteiger partial charge is 0.309 e. The van der Waals surface area contributed by atoms with Crippen LogP contribution >= 0.6 is 0 Å². The lowest BCUT2D eigenvalue weighted by atomic mass is 10.2. The highest BCUT2D eigenvalue weighted by molar-refractivity contribution is 5.69. The average Bonchev–Trinajstić information content (AvgIpc) is 2.26. The highest BCUT2D eigenvalue weighted by Crippen LogP contribution is 2.12. The normalized spacial score (nSPS) is 9.88. The summed E-state index contributed by atoms with van der Waals surface area (Å²) >= 11 is 0. The molecule has 16 heavy (non-hydrogen) atoms. The largest absolute Gasteiger partial charge is 0.493 e. The lowest BCUT2D eigenvalue weighted by Crippen LogP contribution is -2.12. The molecular weight excluding hydrogens is 208 g/mol. The minimum Gasteiger partial charge on any atom is -0.493 e. The first-order valence-electron chi connectivity index (χ1n) is 5.18. The van der Waals surface area contributed by atoms with E-state index in [1.165, 1.54) is 0 Å². The van der Waals surface area contributed by atoms with Gasteiger partial charge in [0.2, 0.25) is 0 Å². The molecule has 0 fully saturated rings. The van der Waals surface area contributed by atoms with Crippen molar-refractivity contribution in [3.05, 3.63) is 29.8 Å². The number of aliphatic hydroxyl groups is 1. The van der Waals surface area contributed by atoms with Gasteiger partial charge in [-0.3, -0.25) is 4.79 Å². The van der Waals surface area contributed by atoms with Crippen LogP contribution in [0.1, 0.15) is 12.0 Å². The number of hydrogen-bond acceptors (Lipinski definition) is 4. The first-order chi connectivity index (χ1) is 7.72. The van der Waals surface area contributed by atoms with E-state index in [1.807, 2.05) is 31.2 Å². The summed E-state index contributed by atoms with van der Waals surface area (Å²) in [5.41, 5.74) is 1.11. The molecule has 0 aliphatic heterocycles. The molecule has 1 aromatic carbocycles. The van der Waals surface area contributed by atoms with Crippen molar-refractivity contribution in [3.8, 4) is 5.75 Å². The molecule has 0 unspecified atom stereocenters. The topological polar surface area (TPSA) is 55.8 Å². The van der Waals surface area contributed by atoms with Crippen molar-refractivity contribution in [1.82, 2.24) is 0 Å². The summed E-state index contributed by atoms with van der Waals surface area (Å²) in [5.74, 6) is 0.386. The number of esters is 1. The van der Waals surface area contributed by atoms with Crippen LogP contribution in [0.3, 0.4) is 0 Å². The fraction of sp³-hybridized carbons (Fsp3) is 0.417. The predicted octanol–water partition coefficient (Wildman–Crippen LogP) is 1.30. The Morgan fingerprint density at radius 3 is 2.88 bits per heavy atom. The van der Waals surface area contributed by atoms with E-state index in [-0.39, 0.29) is 32.2 Å². The van der Waals surface area contributed by atoms with Gasteiger partial charge in [0.15, 0.2) is 0 Å². The summed E-state index contributed by atoms with van der Waals surface area (Å²) in [6, 6.07) is 7.61. The lowest BCUT2D eigenvalue weighted by Gasteiger charge is -2.06. The van der Waals surface area contributed by atoms with Gasteiger partial charge in [-0.1, -0.05) is 12.1 Å². The summed E-state index contributed by atoms with van der Waals surface area (Å²) in [7, 11) is 0. The van der Waals surface area contributed by atoms with E-state index in [4.69, 9.17) is 9.84 Å². The fourth-order valence-corrected chi connectivity index (χ4v) is 1.19. The van der Waals surface area contributed by atoms with Crippen molar-refractivity contribution >= 4 is 5.97 Å². The SMILES string of the molecule is Cc1cccc(OCCC(=O)OCCO)c1.